The van der Waals surface area contributed by atoms with Crippen LogP contribution in [0, 0.1) is 6.92 Å². The van der Waals surface area contributed by atoms with Crippen molar-refractivity contribution in [3.8, 4) is 0 Å². The molecule has 2 amide bonds. The summed E-state index contributed by atoms with van der Waals surface area (Å²) in [5.41, 5.74) is 1.40. The predicted octanol–water partition coefficient (Wildman–Crippen LogP) is 2.12. The Morgan fingerprint density at radius 1 is 1.24 bits per heavy atom. The van der Waals surface area contributed by atoms with Crippen molar-refractivity contribution in [2.24, 2.45) is 0 Å². The lowest BCUT2D eigenvalue weighted by atomic mass is 10.3. The lowest BCUT2D eigenvalue weighted by Gasteiger charge is -2.11. The van der Waals surface area contributed by atoms with E-state index in [0.717, 1.165) is 11.3 Å². The summed E-state index contributed by atoms with van der Waals surface area (Å²) in [7, 11) is -3.58. The smallest absolute Gasteiger partial charge is 0.315 e. The van der Waals surface area contributed by atoms with Gasteiger partial charge in [0.1, 0.15) is 11.6 Å². The number of urea groups is 1. The van der Waals surface area contributed by atoms with Crippen molar-refractivity contribution >= 4 is 27.1 Å². The van der Waals surface area contributed by atoms with Gasteiger partial charge in [-0.3, -0.25) is 0 Å². The van der Waals surface area contributed by atoms with Crippen molar-refractivity contribution in [2.75, 3.05) is 6.54 Å². The van der Waals surface area contributed by atoms with Crippen molar-refractivity contribution in [1.29, 1.82) is 0 Å². The van der Waals surface area contributed by atoms with E-state index in [1.54, 1.807) is 50.4 Å². The van der Waals surface area contributed by atoms with Crippen LogP contribution in [-0.4, -0.2) is 36.6 Å². The minimum Gasteiger partial charge on any atom is -0.467 e. The van der Waals surface area contributed by atoms with Crippen LogP contribution in [0.2, 0.25) is 0 Å². The number of aryl methyl sites for hydroxylation is 1. The molecule has 29 heavy (non-hydrogen) atoms. The maximum atomic E-state index is 12.4. The van der Waals surface area contributed by atoms with Crippen molar-refractivity contribution in [1.82, 2.24) is 24.9 Å². The first kappa shape index (κ1) is 20.9. The molecule has 1 aromatic carbocycles. The minimum atomic E-state index is -3.58. The molecule has 0 spiro atoms. The highest BCUT2D eigenvalue weighted by Gasteiger charge is 2.17. The zero-order valence-corrected chi connectivity index (χ0v) is 17.4. The average Bonchev–Trinajstić information content (AvgIpc) is 3.26. The highest BCUT2D eigenvalue weighted by Crippen LogP contribution is 2.20. The van der Waals surface area contributed by atoms with E-state index in [4.69, 9.17) is 4.42 Å². The Balaban J connectivity index is 1.64. The number of rotatable bonds is 8. The number of nitrogens with zero attached hydrogens (tertiary/aromatic N) is 2. The van der Waals surface area contributed by atoms with E-state index in [0.29, 0.717) is 30.9 Å². The Labute approximate surface area is 169 Å². The third-order valence-electron chi connectivity index (χ3n) is 4.24. The topological polar surface area (TPSA) is 118 Å². The molecule has 3 N–H and O–H groups in total. The molecular formula is C19H25N5O4S. The molecule has 0 atom stereocenters. The van der Waals surface area contributed by atoms with E-state index in [-0.39, 0.29) is 17.0 Å². The molecule has 2 aromatic heterocycles. The van der Waals surface area contributed by atoms with Gasteiger partial charge in [0.15, 0.2) is 0 Å². The first-order valence-electron chi connectivity index (χ1n) is 9.29. The number of fused-ring (bicyclic) bond motifs is 1. The highest BCUT2D eigenvalue weighted by molar-refractivity contribution is 7.89. The van der Waals surface area contributed by atoms with Gasteiger partial charge in [-0.05, 0) is 51.1 Å². The molecule has 0 aliphatic carbocycles. The van der Waals surface area contributed by atoms with Crippen LogP contribution in [0.3, 0.4) is 0 Å². The van der Waals surface area contributed by atoms with Crippen LogP contribution in [0.25, 0.3) is 11.0 Å². The second-order valence-electron chi connectivity index (χ2n) is 6.93. The number of sulfonamides is 1. The van der Waals surface area contributed by atoms with Gasteiger partial charge in [-0.2, -0.15) is 0 Å². The summed E-state index contributed by atoms with van der Waals surface area (Å²) >= 11 is 0. The summed E-state index contributed by atoms with van der Waals surface area (Å²) < 4.78 is 34.4. The lowest BCUT2D eigenvalue weighted by molar-refractivity contribution is 0.239. The van der Waals surface area contributed by atoms with Crippen molar-refractivity contribution in [3.05, 3.63) is 48.2 Å². The molecule has 3 rings (SSSR count). The molecule has 0 unspecified atom stereocenters. The maximum Gasteiger partial charge on any atom is 0.315 e. The van der Waals surface area contributed by atoms with Crippen LogP contribution in [0.5, 0.6) is 0 Å². The number of amides is 2. The molecule has 0 fully saturated rings. The van der Waals surface area contributed by atoms with Crippen LogP contribution < -0.4 is 15.4 Å². The lowest BCUT2D eigenvalue weighted by Crippen LogP contribution is -2.36. The first-order valence-corrected chi connectivity index (χ1v) is 10.8. The summed E-state index contributed by atoms with van der Waals surface area (Å²) in [6.45, 7) is 6.60. The Kier molecular flexibility index (Phi) is 6.23. The zero-order chi connectivity index (χ0) is 21.0. The molecular weight excluding hydrogens is 394 g/mol. The Bertz CT molecular complexity index is 1090. The number of benzene rings is 1. The van der Waals surface area contributed by atoms with Gasteiger partial charge in [-0.1, -0.05) is 0 Å². The maximum absolute atomic E-state index is 12.4. The molecule has 0 aliphatic rings. The third-order valence-corrected chi connectivity index (χ3v) is 5.89. The first-order chi connectivity index (χ1) is 13.8. The van der Waals surface area contributed by atoms with Gasteiger partial charge in [0.25, 0.3) is 0 Å². The summed E-state index contributed by atoms with van der Waals surface area (Å²) in [5, 5.41) is 5.50. The van der Waals surface area contributed by atoms with E-state index in [1.807, 2.05) is 11.5 Å². The van der Waals surface area contributed by atoms with Gasteiger partial charge in [0, 0.05) is 19.1 Å². The molecule has 0 saturated heterocycles. The SMILES string of the molecule is Cc1nc2cc(S(=O)(=O)NC(C)C)ccc2n1CCNC(=O)NCc1ccco1. The molecule has 10 heteroatoms. The predicted molar refractivity (Wildman–Crippen MR) is 109 cm³/mol. The molecule has 0 radical (unpaired) electrons. The van der Waals surface area contributed by atoms with Crippen LogP contribution in [-0.2, 0) is 23.1 Å². The van der Waals surface area contributed by atoms with Gasteiger partial charge in [-0.15, -0.1) is 0 Å². The minimum absolute atomic E-state index is 0.179. The number of carbonyl (C=O) groups is 1. The second kappa shape index (κ2) is 8.66. The molecule has 0 saturated carbocycles. The molecule has 2 heterocycles. The number of hydrogen-bond donors (Lipinski definition) is 3. The average molecular weight is 420 g/mol. The van der Waals surface area contributed by atoms with Gasteiger partial charge >= 0.3 is 6.03 Å². The van der Waals surface area contributed by atoms with Gasteiger partial charge < -0.3 is 19.6 Å². The van der Waals surface area contributed by atoms with E-state index in [2.05, 4.69) is 20.3 Å². The van der Waals surface area contributed by atoms with Crippen LogP contribution in [0.1, 0.15) is 25.4 Å². The van der Waals surface area contributed by atoms with Crippen molar-refractivity contribution in [2.45, 2.75) is 44.8 Å². The summed E-state index contributed by atoms with van der Waals surface area (Å²) in [4.78, 5) is 16.5. The normalized spacial score (nSPS) is 11.9. The Hall–Kier alpha value is -2.85. The molecule has 156 valence electrons. The van der Waals surface area contributed by atoms with Crippen LogP contribution in [0.4, 0.5) is 4.79 Å². The fourth-order valence-electron chi connectivity index (χ4n) is 2.98. The standard InChI is InChI=1S/C19H25N5O4S/c1-13(2)23-29(26,27)16-6-7-18-17(11-16)22-14(3)24(18)9-8-20-19(25)21-12-15-5-4-10-28-15/h4-7,10-11,13,23H,8-9,12H2,1-3H3,(H2,20,21,25). The van der Waals surface area contributed by atoms with E-state index in [9.17, 15) is 13.2 Å². The molecule has 0 aliphatic heterocycles. The van der Waals surface area contributed by atoms with Gasteiger partial charge in [0.2, 0.25) is 10.0 Å². The summed E-state index contributed by atoms with van der Waals surface area (Å²) in [6, 6.07) is 7.92. The number of aromatic nitrogens is 2. The van der Waals surface area contributed by atoms with Gasteiger partial charge in [0.05, 0.1) is 28.7 Å². The summed E-state index contributed by atoms with van der Waals surface area (Å²) in [6.07, 6.45) is 1.55. The number of imidazole rings is 1. The second-order valence-corrected chi connectivity index (χ2v) is 8.64. The number of nitrogens with one attached hydrogen (secondary N) is 3. The quantitative estimate of drug-likeness (QED) is 0.517. The van der Waals surface area contributed by atoms with Crippen molar-refractivity contribution < 1.29 is 17.6 Å². The monoisotopic (exact) mass is 419 g/mol. The van der Waals surface area contributed by atoms with E-state index < -0.39 is 10.0 Å². The fraction of sp³-hybridized carbons (Fsp3) is 0.368. The summed E-state index contributed by atoms with van der Waals surface area (Å²) in [5.74, 6) is 1.42. The molecule has 0 bridgehead atoms. The van der Waals surface area contributed by atoms with Crippen molar-refractivity contribution in [3.63, 3.8) is 0 Å². The Morgan fingerprint density at radius 3 is 2.72 bits per heavy atom. The fourth-order valence-corrected chi connectivity index (χ4v) is 4.25. The van der Waals surface area contributed by atoms with Crippen LogP contribution in [0.15, 0.2) is 45.9 Å². The largest absolute Gasteiger partial charge is 0.467 e. The molecule has 3 aromatic rings. The number of carbonyl (C=O) groups excluding carboxylic acids is 1. The zero-order valence-electron chi connectivity index (χ0n) is 16.6. The highest BCUT2D eigenvalue weighted by atomic mass is 32.2. The number of hydrogen-bond acceptors (Lipinski definition) is 5. The number of furan rings is 1. The van der Waals surface area contributed by atoms with Gasteiger partial charge in [-0.25, -0.2) is 22.9 Å². The molecule has 9 nitrogen and oxygen atoms in total. The Morgan fingerprint density at radius 2 is 2.03 bits per heavy atom. The van der Waals surface area contributed by atoms with Crippen LogP contribution >= 0.6 is 0 Å². The van der Waals surface area contributed by atoms with E-state index >= 15 is 0 Å². The van der Waals surface area contributed by atoms with E-state index in [1.165, 1.54) is 0 Å². The third kappa shape index (κ3) is 5.15.